The zero-order valence-corrected chi connectivity index (χ0v) is 16.6. The monoisotopic (exact) mass is 413 g/mol. The van der Waals surface area contributed by atoms with Crippen LogP contribution < -0.4 is 15.1 Å². The highest BCUT2D eigenvalue weighted by Crippen LogP contribution is 2.30. The lowest BCUT2D eigenvalue weighted by molar-refractivity contribution is -0.132. The maximum Gasteiger partial charge on any atom is 0.269 e. The van der Waals surface area contributed by atoms with Gasteiger partial charge in [0.15, 0.2) is 0 Å². The minimum atomic E-state index is -0.891. The van der Waals surface area contributed by atoms with Gasteiger partial charge in [-0.2, -0.15) is 0 Å². The maximum atomic E-state index is 12.7. The number of nitrogens with zero attached hydrogens (tertiary/aromatic N) is 4. The Morgan fingerprint density at radius 2 is 2.17 bits per heavy atom. The molecule has 0 aromatic heterocycles. The standard InChI is InChI=1S/C20H23N5O5/c1-29-15-3-4-16-13(10-15)9-14(12-25(16)28)19(26)23-17-11-21-18(22-17)20(27)24-5-2-7-30-8-6-24/h3-4,9-11,18,28H,2,5-8,12H2,1H3,(H,22,23,26). The van der Waals surface area contributed by atoms with Crippen LogP contribution in [0.3, 0.4) is 0 Å². The highest BCUT2D eigenvalue weighted by Gasteiger charge is 2.28. The minimum Gasteiger partial charge on any atom is -0.497 e. The number of aliphatic imine (C=N–C) groups is 2. The van der Waals surface area contributed by atoms with Crippen LogP contribution >= 0.6 is 0 Å². The third-order valence-electron chi connectivity index (χ3n) is 5.05. The zero-order valence-electron chi connectivity index (χ0n) is 16.6. The molecular weight excluding hydrogens is 390 g/mol. The highest BCUT2D eigenvalue weighted by molar-refractivity contribution is 6.35. The van der Waals surface area contributed by atoms with Crippen LogP contribution in [0.25, 0.3) is 6.08 Å². The van der Waals surface area contributed by atoms with E-state index in [-0.39, 0.29) is 18.3 Å². The largest absolute Gasteiger partial charge is 0.497 e. The molecule has 3 aliphatic rings. The number of hydrogen-bond donors (Lipinski definition) is 2. The number of benzene rings is 1. The number of hydroxylamine groups is 1. The zero-order chi connectivity index (χ0) is 21.1. The molecule has 2 N–H and O–H groups in total. The molecule has 3 aliphatic heterocycles. The topological polar surface area (TPSA) is 116 Å². The average molecular weight is 413 g/mol. The molecule has 30 heavy (non-hydrogen) atoms. The van der Waals surface area contributed by atoms with Crippen molar-refractivity contribution in [3.8, 4) is 5.75 Å². The molecule has 3 heterocycles. The number of ether oxygens (including phenoxy) is 2. The van der Waals surface area contributed by atoms with Crippen LogP contribution in [-0.2, 0) is 14.3 Å². The molecule has 158 valence electrons. The van der Waals surface area contributed by atoms with Gasteiger partial charge in [0.1, 0.15) is 11.6 Å². The van der Waals surface area contributed by atoms with Crippen LogP contribution in [0, 0.1) is 0 Å². The van der Waals surface area contributed by atoms with Gasteiger partial charge in [-0.05, 0) is 30.7 Å². The lowest BCUT2D eigenvalue weighted by Crippen LogP contribution is -2.39. The number of hydrogen-bond acceptors (Lipinski definition) is 8. The molecule has 0 spiro atoms. The molecule has 4 rings (SSSR count). The number of rotatable bonds is 3. The van der Waals surface area contributed by atoms with E-state index in [1.807, 2.05) is 0 Å². The number of carbonyl (C=O) groups is 2. The summed E-state index contributed by atoms with van der Waals surface area (Å²) >= 11 is 0. The molecule has 1 fully saturated rings. The first-order valence-electron chi connectivity index (χ1n) is 9.69. The second kappa shape index (κ2) is 8.64. The molecular formula is C20H23N5O5. The van der Waals surface area contributed by atoms with E-state index in [9.17, 15) is 14.8 Å². The Bertz CT molecular complexity index is 934. The van der Waals surface area contributed by atoms with Crippen molar-refractivity contribution in [2.75, 3.05) is 45.0 Å². The maximum absolute atomic E-state index is 12.7. The molecule has 1 aromatic rings. The Kier molecular flexibility index (Phi) is 5.77. The van der Waals surface area contributed by atoms with E-state index >= 15 is 0 Å². The van der Waals surface area contributed by atoms with Crippen molar-refractivity contribution in [2.24, 2.45) is 9.98 Å². The second-order valence-corrected chi connectivity index (χ2v) is 7.06. The van der Waals surface area contributed by atoms with E-state index in [1.165, 1.54) is 6.21 Å². The number of fused-ring (bicyclic) bond motifs is 1. The molecule has 2 amide bonds. The number of amides is 2. The molecule has 0 aliphatic carbocycles. The van der Waals surface area contributed by atoms with Gasteiger partial charge in [-0.3, -0.25) is 24.9 Å². The van der Waals surface area contributed by atoms with Crippen molar-refractivity contribution in [2.45, 2.75) is 12.6 Å². The Hall–Kier alpha value is -3.24. The fraction of sp³-hybridized carbons (Fsp3) is 0.400. The van der Waals surface area contributed by atoms with Gasteiger partial charge in [0.2, 0.25) is 6.17 Å². The summed E-state index contributed by atoms with van der Waals surface area (Å²) in [6.07, 6.45) is 2.95. The van der Waals surface area contributed by atoms with Crippen molar-refractivity contribution >= 4 is 35.6 Å². The summed E-state index contributed by atoms with van der Waals surface area (Å²) < 4.78 is 10.6. The van der Waals surface area contributed by atoms with Gasteiger partial charge in [-0.15, -0.1) is 0 Å². The molecule has 1 atom stereocenters. The minimum absolute atomic E-state index is 0.0196. The second-order valence-electron chi connectivity index (χ2n) is 7.06. The predicted molar refractivity (Wildman–Crippen MR) is 110 cm³/mol. The van der Waals surface area contributed by atoms with Crippen LogP contribution in [0.4, 0.5) is 5.69 Å². The lowest BCUT2D eigenvalue weighted by Gasteiger charge is -2.25. The molecule has 1 aromatic carbocycles. The molecule has 10 nitrogen and oxygen atoms in total. The van der Waals surface area contributed by atoms with E-state index in [4.69, 9.17) is 9.47 Å². The van der Waals surface area contributed by atoms with Crippen LogP contribution in [0.1, 0.15) is 12.0 Å². The van der Waals surface area contributed by atoms with E-state index in [0.29, 0.717) is 48.9 Å². The average Bonchev–Trinajstić information content (AvgIpc) is 3.04. The third kappa shape index (κ3) is 4.19. The van der Waals surface area contributed by atoms with E-state index in [0.717, 1.165) is 11.5 Å². The van der Waals surface area contributed by atoms with Crippen molar-refractivity contribution in [3.05, 3.63) is 29.3 Å². The number of amidine groups is 1. The normalized spacial score (nSPS) is 20.8. The Labute approximate surface area is 173 Å². The van der Waals surface area contributed by atoms with Crippen LogP contribution in [0.2, 0.25) is 0 Å². The summed E-state index contributed by atoms with van der Waals surface area (Å²) in [5.74, 6) is 0.198. The first kappa shape index (κ1) is 20.0. The quantitative estimate of drug-likeness (QED) is 0.744. The number of anilines is 1. The smallest absolute Gasteiger partial charge is 0.269 e. The summed E-state index contributed by atoms with van der Waals surface area (Å²) in [4.78, 5) is 35.3. The van der Waals surface area contributed by atoms with Gasteiger partial charge in [-0.1, -0.05) is 0 Å². The summed E-state index contributed by atoms with van der Waals surface area (Å²) in [6, 6.07) is 5.19. The van der Waals surface area contributed by atoms with Crippen molar-refractivity contribution in [1.82, 2.24) is 10.2 Å². The fourth-order valence-electron chi connectivity index (χ4n) is 3.48. The fourth-order valence-corrected chi connectivity index (χ4v) is 3.48. The first-order valence-corrected chi connectivity index (χ1v) is 9.69. The van der Waals surface area contributed by atoms with Crippen molar-refractivity contribution in [1.29, 1.82) is 0 Å². The molecule has 0 radical (unpaired) electrons. The van der Waals surface area contributed by atoms with Gasteiger partial charge in [0.05, 0.1) is 32.2 Å². The van der Waals surface area contributed by atoms with Gasteiger partial charge in [0.25, 0.3) is 11.8 Å². The summed E-state index contributed by atoms with van der Waals surface area (Å²) in [5, 5.41) is 13.9. The number of nitrogens with one attached hydrogen (secondary N) is 1. The van der Waals surface area contributed by atoms with Gasteiger partial charge >= 0.3 is 0 Å². The van der Waals surface area contributed by atoms with E-state index in [1.54, 1.807) is 36.3 Å². The number of methoxy groups -OCH3 is 1. The molecule has 1 unspecified atom stereocenters. The first-order chi connectivity index (χ1) is 14.5. The number of carbonyl (C=O) groups excluding carboxylic acids is 2. The summed E-state index contributed by atoms with van der Waals surface area (Å²) in [5.41, 5.74) is 1.58. The van der Waals surface area contributed by atoms with Gasteiger partial charge in [0, 0.05) is 30.8 Å². The molecule has 1 saturated heterocycles. The Morgan fingerprint density at radius 3 is 3.00 bits per heavy atom. The Balaban J connectivity index is 1.44. The van der Waals surface area contributed by atoms with Crippen LogP contribution in [0.15, 0.2) is 33.8 Å². The Morgan fingerprint density at radius 1 is 1.30 bits per heavy atom. The van der Waals surface area contributed by atoms with Crippen molar-refractivity contribution in [3.63, 3.8) is 0 Å². The predicted octanol–water partition coefficient (Wildman–Crippen LogP) is 0.462. The summed E-state index contributed by atoms with van der Waals surface area (Å²) in [6.45, 7) is 2.25. The SMILES string of the molecule is COc1ccc2c(c1)C=C(C(=O)NC1=NC(C(=O)N3CCCOCC3)N=C1)CN2O. The molecule has 0 bridgehead atoms. The van der Waals surface area contributed by atoms with Crippen LogP contribution in [0.5, 0.6) is 5.75 Å². The third-order valence-corrected chi connectivity index (χ3v) is 5.05. The highest BCUT2D eigenvalue weighted by atomic mass is 16.5. The van der Waals surface area contributed by atoms with E-state index < -0.39 is 12.1 Å². The van der Waals surface area contributed by atoms with E-state index in [2.05, 4.69) is 15.3 Å². The van der Waals surface area contributed by atoms with Gasteiger partial charge in [-0.25, -0.2) is 4.99 Å². The van der Waals surface area contributed by atoms with Crippen molar-refractivity contribution < 1.29 is 24.3 Å². The van der Waals surface area contributed by atoms with Gasteiger partial charge < -0.3 is 19.7 Å². The molecule has 0 saturated carbocycles. The lowest BCUT2D eigenvalue weighted by atomic mass is 10.0. The van der Waals surface area contributed by atoms with Crippen LogP contribution in [-0.4, -0.2) is 80.1 Å². The summed E-state index contributed by atoms with van der Waals surface area (Å²) in [7, 11) is 1.55. The molecule has 10 heteroatoms.